The van der Waals surface area contributed by atoms with E-state index >= 15 is 0 Å². The van der Waals surface area contributed by atoms with E-state index in [1.165, 1.54) is 12.3 Å². The van der Waals surface area contributed by atoms with Gasteiger partial charge in [0, 0.05) is 86.9 Å². The summed E-state index contributed by atoms with van der Waals surface area (Å²) in [5.41, 5.74) is -0.204. The summed E-state index contributed by atoms with van der Waals surface area (Å²) in [6, 6.07) is 14.7. The molecule has 3 amide bonds. The molecule has 15 nitrogen and oxygen atoms in total. The van der Waals surface area contributed by atoms with Gasteiger partial charge in [-0.3, -0.25) is 34.3 Å². The Balaban J connectivity index is 0.798. The first-order valence-electron chi connectivity index (χ1n) is 20.2. The number of piperidine rings is 1. The highest BCUT2D eigenvalue weighted by molar-refractivity contribution is 6.31. The standard InChI is InChI=1S/C43H54ClN7O8/c1-42(2)40(43(3,4)41(42)59-32-12-9-30(27-45)34(44)25-32)48-38(54)29-7-10-31(11-8-29)57-22-6-5-21-56-23-19-49-15-17-50(18-16-49)20-24-58-33-26-37(53)51(46-28-33)35-13-14-36(52)47-39(35)55/h7-12,25-26,28,35,40-41H,5-6,13-24H2,1-4H3,(H,48,54)(H,47,52,55). The fourth-order valence-corrected chi connectivity index (χ4v) is 8.68. The molecule has 3 heterocycles. The molecule has 59 heavy (non-hydrogen) atoms. The Morgan fingerprint density at radius 1 is 0.881 bits per heavy atom. The predicted molar refractivity (Wildman–Crippen MR) is 220 cm³/mol. The number of nitrogens with one attached hydrogen (secondary N) is 2. The molecule has 316 valence electrons. The number of nitrogens with zero attached hydrogens (tertiary/aromatic N) is 5. The molecule has 1 unspecified atom stereocenters. The average Bonchev–Trinajstić information content (AvgIpc) is 3.21. The first-order valence-corrected chi connectivity index (χ1v) is 20.6. The lowest BCUT2D eigenvalue weighted by Crippen LogP contribution is -2.74. The first-order chi connectivity index (χ1) is 28.3. The van der Waals surface area contributed by atoms with Gasteiger partial charge in [0.2, 0.25) is 5.91 Å². The number of nitriles is 1. The summed E-state index contributed by atoms with van der Waals surface area (Å²) in [4.78, 5) is 54.0. The minimum Gasteiger partial charge on any atom is -0.494 e. The second-order valence-corrected chi connectivity index (χ2v) is 16.9. The normalized spacial score (nSPS) is 21.5. The molecule has 16 heteroatoms. The molecular weight excluding hydrogens is 778 g/mol. The van der Waals surface area contributed by atoms with Gasteiger partial charge < -0.3 is 24.3 Å². The van der Waals surface area contributed by atoms with Crippen molar-refractivity contribution >= 4 is 29.3 Å². The quantitative estimate of drug-likeness (QED) is 0.138. The Morgan fingerprint density at radius 3 is 2.17 bits per heavy atom. The molecule has 2 aromatic carbocycles. The molecule has 1 atom stereocenters. The Morgan fingerprint density at radius 2 is 1.53 bits per heavy atom. The number of hydrogen-bond donors (Lipinski definition) is 2. The molecule has 2 N–H and O–H groups in total. The van der Waals surface area contributed by atoms with E-state index in [9.17, 15) is 24.4 Å². The molecular formula is C43H54ClN7O8. The monoisotopic (exact) mass is 831 g/mol. The molecule has 0 radical (unpaired) electrons. The third kappa shape index (κ3) is 10.8. The van der Waals surface area contributed by atoms with Gasteiger partial charge in [0.25, 0.3) is 17.4 Å². The van der Waals surface area contributed by atoms with Gasteiger partial charge in [0.1, 0.15) is 42.1 Å². The number of amides is 3. The zero-order valence-corrected chi connectivity index (χ0v) is 35.0. The number of imide groups is 1. The topological polar surface area (TPSA) is 177 Å². The second kappa shape index (κ2) is 19.4. The summed E-state index contributed by atoms with van der Waals surface area (Å²) in [6.45, 7) is 15.9. The van der Waals surface area contributed by atoms with E-state index in [1.54, 1.807) is 30.3 Å². The number of unbranched alkanes of at least 4 members (excludes halogenated alkanes) is 1. The second-order valence-electron chi connectivity index (χ2n) is 16.5. The highest BCUT2D eigenvalue weighted by atomic mass is 35.5. The van der Waals surface area contributed by atoms with E-state index in [1.807, 2.05) is 12.1 Å². The minimum absolute atomic E-state index is 0.135. The van der Waals surface area contributed by atoms with E-state index in [2.05, 4.69) is 59.3 Å². The van der Waals surface area contributed by atoms with Gasteiger partial charge in [-0.15, -0.1) is 0 Å². The molecule has 3 aromatic rings. The van der Waals surface area contributed by atoms with E-state index in [-0.39, 0.29) is 47.6 Å². The van der Waals surface area contributed by atoms with Crippen LogP contribution in [0.1, 0.15) is 75.3 Å². The number of ether oxygens (including phenoxy) is 4. The Kier molecular flexibility index (Phi) is 14.3. The molecule has 2 aliphatic heterocycles. The number of rotatable bonds is 18. The van der Waals surface area contributed by atoms with Gasteiger partial charge in [0.05, 0.1) is 30.0 Å². The number of benzene rings is 2. The maximum absolute atomic E-state index is 13.3. The van der Waals surface area contributed by atoms with Gasteiger partial charge in [-0.1, -0.05) is 39.3 Å². The number of aromatic nitrogens is 2. The number of carbonyl (C=O) groups is 3. The molecule has 0 bridgehead atoms. The summed E-state index contributed by atoms with van der Waals surface area (Å²) in [5.74, 6) is 0.639. The summed E-state index contributed by atoms with van der Waals surface area (Å²) in [5, 5.41) is 19.1. The lowest BCUT2D eigenvalue weighted by Gasteiger charge is -2.63. The molecule has 6 rings (SSSR count). The van der Waals surface area contributed by atoms with Crippen molar-refractivity contribution in [2.45, 2.75) is 71.6 Å². The van der Waals surface area contributed by atoms with Gasteiger partial charge in [-0.05, 0) is 55.7 Å². The van der Waals surface area contributed by atoms with Crippen molar-refractivity contribution in [2.75, 3.05) is 65.7 Å². The van der Waals surface area contributed by atoms with Crippen molar-refractivity contribution < 1.29 is 33.3 Å². The van der Waals surface area contributed by atoms with Crippen LogP contribution in [0.4, 0.5) is 0 Å². The Hall–Kier alpha value is -5.01. The number of carbonyl (C=O) groups excluding carboxylic acids is 3. The fourth-order valence-electron chi connectivity index (χ4n) is 8.46. The van der Waals surface area contributed by atoms with Crippen LogP contribution in [0.2, 0.25) is 5.02 Å². The van der Waals surface area contributed by atoms with Crippen LogP contribution in [0.15, 0.2) is 59.5 Å². The van der Waals surface area contributed by atoms with E-state index in [0.29, 0.717) is 59.8 Å². The van der Waals surface area contributed by atoms with Crippen molar-refractivity contribution in [3.05, 3.63) is 81.2 Å². The zero-order chi connectivity index (χ0) is 42.2. The van der Waals surface area contributed by atoms with E-state index in [4.69, 9.17) is 30.5 Å². The highest BCUT2D eigenvalue weighted by Crippen LogP contribution is 2.55. The van der Waals surface area contributed by atoms with Crippen LogP contribution < -0.4 is 30.4 Å². The van der Waals surface area contributed by atoms with Crippen LogP contribution in [0.3, 0.4) is 0 Å². The van der Waals surface area contributed by atoms with Crippen molar-refractivity contribution in [3.8, 4) is 23.3 Å². The maximum Gasteiger partial charge on any atom is 0.271 e. The minimum atomic E-state index is -0.793. The molecule has 1 aliphatic carbocycles. The van der Waals surface area contributed by atoms with Gasteiger partial charge in [-0.2, -0.15) is 10.4 Å². The molecule has 3 aliphatic rings. The van der Waals surface area contributed by atoms with Crippen LogP contribution >= 0.6 is 11.6 Å². The van der Waals surface area contributed by atoms with E-state index < -0.39 is 17.5 Å². The van der Waals surface area contributed by atoms with E-state index in [0.717, 1.165) is 56.8 Å². The van der Waals surface area contributed by atoms with Gasteiger partial charge >= 0.3 is 0 Å². The Bertz CT molecular complexity index is 2040. The zero-order valence-electron chi connectivity index (χ0n) is 34.2. The SMILES string of the molecule is CC1(C)C(NC(=O)c2ccc(OCCCCOCCN3CCN(CCOc4cnn(C5CCC(=O)NC5=O)c(=O)c4)CC3)cc2)C(C)(C)C1Oc1ccc(C#N)c(Cl)c1. The van der Waals surface area contributed by atoms with Crippen molar-refractivity contribution in [1.29, 1.82) is 5.26 Å². The lowest BCUT2D eigenvalue weighted by molar-refractivity contribution is -0.164. The highest BCUT2D eigenvalue weighted by Gasteiger charge is 2.64. The third-order valence-corrected chi connectivity index (χ3v) is 11.8. The molecule has 3 fully saturated rings. The Labute approximate surface area is 349 Å². The largest absolute Gasteiger partial charge is 0.494 e. The third-order valence-electron chi connectivity index (χ3n) is 11.5. The predicted octanol–water partition coefficient (Wildman–Crippen LogP) is 4.23. The summed E-state index contributed by atoms with van der Waals surface area (Å²) < 4.78 is 25.0. The molecule has 0 spiro atoms. The summed E-state index contributed by atoms with van der Waals surface area (Å²) in [6.07, 6.45) is 3.39. The van der Waals surface area contributed by atoms with Gasteiger partial charge in [-0.25, -0.2) is 4.68 Å². The van der Waals surface area contributed by atoms with Crippen molar-refractivity contribution in [1.82, 2.24) is 30.2 Å². The molecule has 1 saturated carbocycles. The average molecular weight is 832 g/mol. The molecule has 1 aromatic heterocycles. The lowest BCUT2D eigenvalue weighted by atomic mass is 9.49. The van der Waals surface area contributed by atoms with Crippen molar-refractivity contribution in [3.63, 3.8) is 0 Å². The van der Waals surface area contributed by atoms with Crippen LogP contribution in [0.5, 0.6) is 17.2 Å². The number of hydrogen-bond acceptors (Lipinski definition) is 12. The summed E-state index contributed by atoms with van der Waals surface area (Å²) in [7, 11) is 0. The fraction of sp³-hybridized carbons (Fsp3) is 0.535. The van der Waals surface area contributed by atoms with Crippen LogP contribution in [-0.4, -0.2) is 115 Å². The summed E-state index contributed by atoms with van der Waals surface area (Å²) >= 11 is 6.22. The van der Waals surface area contributed by atoms with Crippen LogP contribution in [0, 0.1) is 22.2 Å². The first kappa shape index (κ1) is 43.6. The van der Waals surface area contributed by atoms with Crippen LogP contribution in [0.25, 0.3) is 0 Å². The van der Waals surface area contributed by atoms with Crippen LogP contribution in [-0.2, 0) is 14.3 Å². The number of piperazine rings is 1. The van der Waals surface area contributed by atoms with Crippen molar-refractivity contribution in [2.24, 2.45) is 10.8 Å². The van der Waals surface area contributed by atoms with Gasteiger partial charge in [0.15, 0.2) is 0 Å². The number of halogens is 1. The smallest absolute Gasteiger partial charge is 0.271 e. The molecule has 2 saturated heterocycles. The maximum atomic E-state index is 13.3.